The largest absolute Gasteiger partial charge is 0.447 e. The molecule has 0 saturated carbocycles. The number of aliphatic hydroxyl groups is 1. The first-order valence-corrected chi connectivity index (χ1v) is 14.1. The standard InChI is InChI=1S/C23H47NO3.CH4O4S/c1-4-5-6-7-8-9-10-11-12-13-14-15-16-17-18-19-23(26)27-22(2)24(3)20-21-25;1-5-6(2,3)4/h22,25H,4-21H2,1-3H3;1H3,(H,2,3,4). The van der Waals surface area contributed by atoms with E-state index in [0.29, 0.717) is 13.0 Å². The Balaban J connectivity index is 0. The fourth-order valence-electron chi connectivity index (χ4n) is 3.32. The molecule has 0 spiro atoms. The van der Waals surface area contributed by atoms with Gasteiger partial charge in [-0.05, 0) is 20.4 Å². The number of hydrogen-bond acceptors (Lipinski definition) is 7. The number of esters is 1. The number of nitrogens with zero attached hydrogens (tertiary/aromatic N) is 1. The molecule has 8 nitrogen and oxygen atoms in total. The van der Waals surface area contributed by atoms with Crippen molar-refractivity contribution in [1.82, 2.24) is 4.90 Å². The highest BCUT2D eigenvalue weighted by molar-refractivity contribution is 7.80. The van der Waals surface area contributed by atoms with Crippen LogP contribution in [0.5, 0.6) is 0 Å². The number of ether oxygens (including phenoxy) is 1. The molecule has 0 aromatic heterocycles. The molecule has 0 aromatic carbocycles. The number of likely N-dealkylation sites (N-methyl/N-ethyl adjacent to an activating group) is 1. The fourth-order valence-corrected chi connectivity index (χ4v) is 3.32. The summed E-state index contributed by atoms with van der Waals surface area (Å²) < 4.78 is 35.1. The molecule has 0 aromatic rings. The molecule has 0 amide bonds. The Morgan fingerprint density at radius 3 is 1.55 bits per heavy atom. The van der Waals surface area contributed by atoms with Gasteiger partial charge < -0.3 is 9.84 Å². The van der Waals surface area contributed by atoms with Crippen LogP contribution in [0.4, 0.5) is 0 Å². The predicted octanol–water partition coefficient (Wildman–Crippen LogP) is 5.50. The second-order valence-electron chi connectivity index (χ2n) is 8.59. The molecule has 2 N–H and O–H groups in total. The lowest BCUT2D eigenvalue weighted by atomic mass is 10.0. The molecule has 9 heteroatoms. The number of carbonyl (C=O) groups excluding carboxylic acids is 1. The predicted molar refractivity (Wildman–Crippen MR) is 133 cm³/mol. The Hall–Kier alpha value is -0.740. The highest BCUT2D eigenvalue weighted by Gasteiger charge is 2.13. The van der Waals surface area contributed by atoms with E-state index in [1.165, 1.54) is 83.5 Å². The minimum Gasteiger partial charge on any atom is -0.447 e. The van der Waals surface area contributed by atoms with Crippen LogP contribution in [-0.4, -0.2) is 62.5 Å². The third-order valence-corrected chi connectivity index (χ3v) is 5.99. The van der Waals surface area contributed by atoms with Gasteiger partial charge in [-0.25, -0.2) is 0 Å². The van der Waals surface area contributed by atoms with Crippen LogP contribution in [-0.2, 0) is 24.1 Å². The van der Waals surface area contributed by atoms with Gasteiger partial charge in [-0.1, -0.05) is 96.8 Å². The van der Waals surface area contributed by atoms with E-state index >= 15 is 0 Å². The maximum atomic E-state index is 11.8. The molecule has 0 radical (unpaired) electrons. The zero-order valence-corrected chi connectivity index (χ0v) is 22.4. The Kier molecular flexibility index (Phi) is 25.4. The molecular weight excluding hydrogens is 446 g/mol. The number of unbranched alkanes of at least 4 members (excludes halogenated alkanes) is 14. The summed E-state index contributed by atoms with van der Waals surface area (Å²) in [5.74, 6) is -0.123. The van der Waals surface area contributed by atoms with Gasteiger partial charge in [0, 0.05) is 13.0 Å². The molecule has 0 aliphatic carbocycles. The smallest absolute Gasteiger partial charge is 0.397 e. The van der Waals surface area contributed by atoms with Crippen LogP contribution >= 0.6 is 0 Å². The van der Waals surface area contributed by atoms with E-state index in [1.54, 1.807) is 0 Å². The SMILES string of the molecule is CCCCCCCCCCCCCCCCCC(=O)OC(C)N(C)CCO.COS(=O)(=O)O. The average molecular weight is 498 g/mol. The van der Waals surface area contributed by atoms with Gasteiger partial charge in [0.25, 0.3) is 0 Å². The Labute approximate surface area is 203 Å². The van der Waals surface area contributed by atoms with Gasteiger partial charge in [0.1, 0.15) is 0 Å². The highest BCUT2D eigenvalue weighted by Crippen LogP contribution is 2.14. The summed E-state index contributed by atoms with van der Waals surface area (Å²) in [5, 5.41) is 8.89. The van der Waals surface area contributed by atoms with Crippen LogP contribution in [0.25, 0.3) is 0 Å². The molecular formula is C24H51NO7S. The lowest BCUT2D eigenvalue weighted by Gasteiger charge is -2.23. The van der Waals surface area contributed by atoms with Gasteiger partial charge in [0.15, 0.2) is 6.23 Å². The first kappa shape index (κ1) is 34.4. The van der Waals surface area contributed by atoms with Crippen molar-refractivity contribution < 1.29 is 31.8 Å². The molecule has 0 fully saturated rings. The van der Waals surface area contributed by atoms with Gasteiger partial charge in [-0.2, -0.15) is 8.42 Å². The monoisotopic (exact) mass is 497 g/mol. The van der Waals surface area contributed by atoms with E-state index in [4.69, 9.17) is 14.4 Å². The van der Waals surface area contributed by atoms with Crippen LogP contribution in [0.1, 0.15) is 117 Å². The van der Waals surface area contributed by atoms with E-state index in [0.717, 1.165) is 20.0 Å². The molecule has 0 heterocycles. The summed E-state index contributed by atoms with van der Waals surface area (Å²) >= 11 is 0. The first-order chi connectivity index (χ1) is 15.7. The Bertz CT molecular complexity index is 529. The van der Waals surface area contributed by atoms with Gasteiger partial charge in [-0.15, -0.1) is 0 Å². The maximum absolute atomic E-state index is 11.8. The highest BCUT2D eigenvalue weighted by atomic mass is 32.3. The second-order valence-corrected chi connectivity index (χ2v) is 9.78. The zero-order chi connectivity index (χ0) is 25.4. The number of hydrogen-bond donors (Lipinski definition) is 2. The van der Waals surface area contributed by atoms with Gasteiger partial charge in [0.05, 0.1) is 13.7 Å². The molecule has 0 bridgehead atoms. The molecule has 200 valence electrons. The second kappa shape index (κ2) is 24.4. The molecule has 0 aliphatic rings. The van der Waals surface area contributed by atoms with Crippen LogP contribution in [0.3, 0.4) is 0 Å². The molecule has 0 rings (SSSR count). The molecule has 33 heavy (non-hydrogen) atoms. The molecule has 1 unspecified atom stereocenters. The fraction of sp³-hybridized carbons (Fsp3) is 0.958. The first-order valence-electron chi connectivity index (χ1n) is 12.7. The van der Waals surface area contributed by atoms with Crippen molar-refractivity contribution >= 4 is 16.4 Å². The van der Waals surface area contributed by atoms with Gasteiger partial charge >= 0.3 is 16.4 Å². The van der Waals surface area contributed by atoms with Crippen molar-refractivity contribution in [2.45, 2.75) is 123 Å². The van der Waals surface area contributed by atoms with Crippen LogP contribution in [0.2, 0.25) is 0 Å². The van der Waals surface area contributed by atoms with E-state index in [1.807, 2.05) is 18.9 Å². The third kappa shape index (κ3) is 29.2. The summed E-state index contributed by atoms with van der Waals surface area (Å²) in [7, 11) is -1.44. The van der Waals surface area contributed by atoms with Crippen LogP contribution < -0.4 is 0 Å². The van der Waals surface area contributed by atoms with E-state index in [9.17, 15) is 13.2 Å². The normalized spacial score (nSPS) is 12.3. The maximum Gasteiger partial charge on any atom is 0.397 e. The Morgan fingerprint density at radius 2 is 1.21 bits per heavy atom. The summed E-state index contributed by atoms with van der Waals surface area (Å²) in [5.41, 5.74) is 0. The number of aliphatic hydroxyl groups excluding tert-OH is 1. The van der Waals surface area contributed by atoms with Crippen molar-refractivity contribution in [1.29, 1.82) is 0 Å². The van der Waals surface area contributed by atoms with Crippen molar-refractivity contribution in [3.05, 3.63) is 0 Å². The van der Waals surface area contributed by atoms with Crippen molar-refractivity contribution in [2.75, 3.05) is 27.3 Å². The summed E-state index contributed by atoms with van der Waals surface area (Å²) in [6, 6.07) is 0. The van der Waals surface area contributed by atoms with E-state index in [-0.39, 0.29) is 18.8 Å². The number of rotatable bonds is 21. The van der Waals surface area contributed by atoms with Crippen LogP contribution in [0, 0.1) is 0 Å². The van der Waals surface area contributed by atoms with E-state index in [2.05, 4.69) is 11.1 Å². The molecule has 0 saturated heterocycles. The molecule has 0 aliphatic heterocycles. The lowest BCUT2D eigenvalue weighted by Crippen LogP contribution is -2.35. The topological polar surface area (TPSA) is 113 Å². The summed E-state index contributed by atoms with van der Waals surface area (Å²) in [6.07, 6.45) is 20.2. The lowest BCUT2D eigenvalue weighted by molar-refractivity contribution is -0.156. The minimum absolute atomic E-state index is 0.0808. The van der Waals surface area contributed by atoms with Crippen molar-refractivity contribution in [3.8, 4) is 0 Å². The average Bonchev–Trinajstić information content (AvgIpc) is 2.76. The molecule has 1 atom stereocenters. The van der Waals surface area contributed by atoms with Crippen molar-refractivity contribution in [3.63, 3.8) is 0 Å². The minimum atomic E-state index is -4.16. The zero-order valence-electron chi connectivity index (χ0n) is 21.6. The van der Waals surface area contributed by atoms with Gasteiger partial charge in [0.2, 0.25) is 0 Å². The number of carbonyl (C=O) groups is 1. The summed E-state index contributed by atoms with van der Waals surface area (Å²) in [6.45, 7) is 4.72. The van der Waals surface area contributed by atoms with Crippen molar-refractivity contribution in [2.24, 2.45) is 0 Å². The third-order valence-electron chi connectivity index (χ3n) is 5.57. The quantitative estimate of drug-likeness (QED) is 0.0925. The van der Waals surface area contributed by atoms with Crippen LogP contribution in [0.15, 0.2) is 0 Å². The van der Waals surface area contributed by atoms with E-state index < -0.39 is 10.4 Å². The van der Waals surface area contributed by atoms with Gasteiger partial charge in [-0.3, -0.25) is 18.4 Å². The Morgan fingerprint density at radius 1 is 0.848 bits per heavy atom. The summed E-state index contributed by atoms with van der Waals surface area (Å²) in [4.78, 5) is 13.6.